The highest BCUT2D eigenvalue weighted by atomic mass is 19.4. The molecule has 3 aromatic rings. The van der Waals surface area contributed by atoms with Gasteiger partial charge in [-0.25, -0.2) is 0 Å². The van der Waals surface area contributed by atoms with Gasteiger partial charge in [-0.3, -0.25) is 0 Å². The fraction of sp³-hybridized carbons (Fsp3) is 0.129. The quantitative estimate of drug-likeness (QED) is 0.272. The lowest BCUT2D eigenvalue weighted by Gasteiger charge is -2.17. The van der Waals surface area contributed by atoms with Gasteiger partial charge in [-0.2, -0.15) is 89.5 Å². The summed E-state index contributed by atoms with van der Waals surface area (Å²) in [6, 6.07) is 7.98. The van der Waals surface area contributed by atoms with Gasteiger partial charge in [-0.1, -0.05) is 0 Å². The minimum atomic E-state index is -5.65. The van der Waals surface area contributed by atoms with Crippen LogP contribution in [0.5, 0.6) is 0 Å². The molecule has 0 aliphatic rings. The van der Waals surface area contributed by atoms with Gasteiger partial charge in [0.25, 0.3) is 0 Å². The van der Waals surface area contributed by atoms with Crippen LogP contribution >= 0.6 is 0 Å². The van der Waals surface area contributed by atoms with Gasteiger partial charge in [0.15, 0.2) is 0 Å². The molecule has 3 aromatic carbocycles. The lowest BCUT2D eigenvalue weighted by molar-refractivity contribution is -0.145. The summed E-state index contributed by atoms with van der Waals surface area (Å²) in [6.07, 6.45) is -22.6. The number of alkyl halides is 12. The van der Waals surface area contributed by atoms with Crippen LogP contribution in [0.1, 0.15) is 61.2 Å². The van der Waals surface area contributed by atoms with Crippen LogP contribution in [0.25, 0.3) is 11.1 Å². The highest BCUT2D eigenvalue weighted by molar-refractivity contribution is 5.84. The number of hydrogen-bond acceptors (Lipinski definition) is 7. The topological polar surface area (TPSA) is 167 Å². The molecule has 0 bridgehead atoms. The maximum Gasteiger partial charge on any atom is 0.417 e. The molecule has 0 radical (unpaired) electrons. The molecule has 3 rings (SSSR count). The molecule has 50 heavy (non-hydrogen) atoms. The second kappa shape index (κ2) is 12.9. The molecule has 0 spiro atoms. The number of nitriles is 7. The molecule has 0 amide bonds. The first-order valence-corrected chi connectivity index (χ1v) is 12.5. The van der Waals surface area contributed by atoms with E-state index in [4.69, 9.17) is 10.5 Å². The molecule has 0 unspecified atom stereocenters. The van der Waals surface area contributed by atoms with Crippen LogP contribution in [0.4, 0.5) is 52.7 Å². The van der Waals surface area contributed by atoms with E-state index in [1.54, 1.807) is 0 Å². The Hall–Kier alpha value is -7.01. The molecule has 248 valence electrons. The van der Waals surface area contributed by atoms with Crippen molar-refractivity contribution in [3.63, 3.8) is 0 Å². The molecule has 7 nitrogen and oxygen atoms in total. The van der Waals surface area contributed by atoms with Crippen molar-refractivity contribution in [2.75, 3.05) is 0 Å². The summed E-state index contributed by atoms with van der Waals surface area (Å²) in [5, 5.41) is 65.6. The Morgan fingerprint density at radius 1 is 0.400 bits per heavy atom. The Morgan fingerprint density at radius 2 is 0.720 bits per heavy atom. The van der Waals surface area contributed by atoms with Crippen molar-refractivity contribution in [2.45, 2.75) is 24.7 Å². The molecule has 0 aliphatic heterocycles. The number of hydrogen-bond donors (Lipinski definition) is 0. The van der Waals surface area contributed by atoms with E-state index >= 15 is 0 Å². The zero-order chi connectivity index (χ0) is 38.1. The largest absolute Gasteiger partial charge is 0.417 e. The molecule has 0 fully saturated rings. The summed E-state index contributed by atoms with van der Waals surface area (Å²) in [5.74, 6) is 0. The maximum absolute atomic E-state index is 13.8. The normalized spacial score (nSPS) is 12.9. The number of halogens is 12. The molecular weight excluding hydrogens is 698 g/mol. The average Bonchev–Trinajstić information content (AvgIpc) is 3.02. The first-order chi connectivity index (χ1) is 23.0. The van der Waals surface area contributed by atoms with Crippen LogP contribution in [0.15, 0.2) is 30.3 Å². The summed E-state index contributed by atoms with van der Waals surface area (Å²) in [4.78, 5) is 0. The molecule has 19 heteroatoms. The lowest BCUT2D eigenvalue weighted by atomic mass is 9.88. The molecule has 0 N–H and O–H groups in total. The Morgan fingerprint density at radius 3 is 0.980 bits per heavy atom. The van der Waals surface area contributed by atoms with E-state index in [-0.39, 0.29) is 24.3 Å². The van der Waals surface area contributed by atoms with Gasteiger partial charge >= 0.3 is 24.7 Å². The molecular formula is C31H5F12N7. The van der Waals surface area contributed by atoms with Crippen molar-refractivity contribution in [3.8, 4) is 42.5 Å². The highest BCUT2D eigenvalue weighted by Gasteiger charge is 2.43. The minimum Gasteiger partial charge on any atom is -0.192 e. The summed E-state index contributed by atoms with van der Waals surface area (Å²) >= 11 is 0. The minimum absolute atomic E-state index is 0.0690. The smallest absolute Gasteiger partial charge is 0.192 e. The van der Waals surface area contributed by atoms with Crippen LogP contribution in [0, 0.1) is 79.3 Å². The zero-order valence-corrected chi connectivity index (χ0v) is 23.6. The van der Waals surface area contributed by atoms with Gasteiger partial charge < -0.3 is 0 Å². The van der Waals surface area contributed by atoms with Gasteiger partial charge in [0.2, 0.25) is 0 Å². The standard InChI is InChI=1S/C31H5F12N7/c32-28(33,34)23-2-13(3-24(21(23)11-49)29(35,36)37)17(7-45)16-1-15(6-44)27(20(10-48)19(16)9-47)18(8-46)14-4-25(30(38,39)40)22(12-50)26(5-14)31(41,42)43/h1-5H/b17-16+,27-18-. The highest BCUT2D eigenvalue weighted by Crippen LogP contribution is 2.42. The third kappa shape index (κ3) is 6.69. The lowest BCUT2D eigenvalue weighted by Crippen LogP contribution is -2.27. The molecule has 0 aromatic heterocycles. The van der Waals surface area contributed by atoms with Crippen molar-refractivity contribution in [1.29, 1.82) is 36.8 Å². The fourth-order valence-corrected chi connectivity index (χ4v) is 4.71. The zero-order valence-electron chi connectivity index (χ0n) is 23.6. The number of benzene rings is 3. The van der Waals surface area contributed by atoms with E-state index in [1.807, 2.05) is 0 Å². The van der Waals surface area contributed by atoms with E-state index in [9.17, 15) is 79.0 Å². The predicted molar refractivity (Wildman–Crippen MR) is 138 cm³/mol. The van der Waals surface area contributed by atoms with Gasteiger partial charge in [0.1, 0.15) is 36.4 Å². The van der Waals surface area contributed by atoms with Crippen LogP contribution in [-0.4, -0.2) is 0 Å². The Balaban J connectivity index is 2.78. The second-order valence-corrected chi connectivity index (χ2v) is 9.51. The monoisotopic (exact) mass is 703 g/mol. The Labute approximate surface area is 270 Å². The summed E-state index contributed by atoms with van der Waals surface area (Å²) < 4.78 is 166. The molecule has 0 atom stereocenters. The molecule has 0 saturated heterocycles. The van der Waals surface area contributed by atoms with E-state index < -0.39 is 107 Å². The number of rotatable bonds is 2. The summed E-state index contributed by atoms with van der Waals surface area (Å²) in [7, 11) is 0. The van der Waals surface area contributed by atoms with E-state index in [0.29, 0.717) is 6.07 Å². The number of nitrogens with zero attached hydrogens (tertiary/aromatic N) is 7. The first-order valence-electron chi connectivity index (χ1n) is 12.5. The van der Waals surface area contributed by atoms with E-state index in [0.717, 1.165) is 12.1 Å². The van der Waals surface area contributed by atoms with Crippen LogP contribution in [-0.2, 0) is 24.7 Å². The average molecular weight is 703 g/mol. The van der Waals surface area contributed by atoms with Crippen molar-refractivity contribution in [2.24, 2.45) is 0 Å². The Bertz CT molecular complexity index is 2330. The Kier molecular flexibility index (Phi) is 9.65. The third-order valence-electron chi connectivity index (χ3n) is 6.71. The second-order valence-electron chi connectivity index (χ2n) is 9.51. The van der Waals surface area contributed by atoms with Crippen LogP contribution in [0.2, 0.25) is 0 Å². The van der Waals surface area contributed by atoms with Crippen molar-refractivity contribution < 1.29 is 52.7 Å². The van der Waals surface area contributed by atoms with E-state index in [1.165, 1.54) is 30.3 Å². The SMILES string of the molecule is N#C/C(c1cc(C(F)(F)F)c(C#N)c(C(F)(F)F)c1)=c1/cc(C#N)/c(=C(\C#N)c2cc(C(F)(F)F)c(C#N)c(C(F)(F)F)c2)c(C#N)c1C#N. The van der Waals surface area contributed by atoms with Gasteiger partial charge in [-0.15, -0.1) is 0 Å². The van der Waals surface area contributed by atoms with Gasteiger partial charge in [-0.05, 0) is 41.5 Å². The molecule has 0 heterocycles. The maximum atomic E-state index is 13.8. The fourth-order valence-electron chi connectivity index (χ4n) is 4.71. The van der Waals surface area contributed by atoms with Crippen molar-refractivity contribution in [1.82, 2.24) is 0 Å². The summed E-state index contributed by atoms with van der Waals surface area (Å²) in [5.41, 5.74) is -21.1. The van der Waals surface area contributed by atoms with Crippen molar-refractivity contribution in [3.05, 3.63) is 102 Å². The third-order valence-corrected chi connectivity index (χ3v) is 6.71. The molecule has 0 aliphatic carbocycles. The summed E-state index contributed by atoms with van der Waals surface area (Å²) in [6.45, 7) is 0. The van der Waals surface area contributed by atoms with Gasteiger partial charge in [0, 0.05) is 10.4 Å². The van der Waals surface area contributed by atoms with Crippen LogP contribution < -0.4 is 10.4 Å². The first kappa shape index (κ1) is 37.4. The molecule has 0 saturated carbocycles. The van der Waals surface area contributed by atoms with E-state index in [2.05, 4.69) is 0 Å². The van der Waals surface area contributed by atoms with Crippen molar-refractivity contribution >= 4 is 11.1 Å². The van der Waals surface area contributed by atoms with Crippen LogP contribution in [0.3, 0.4) is 0 Å². The predicted octanol–water partition coefficient (Wildman–Crippen LogP) is 6.57. The van der Waals surface area contributed by atoms with Gasteiger partial charge in [0.05, 0.1) is 67.3 Å².